The molecule has 24 heavy (non-hydrogen) atoms. The number of ether oxygens (including phenoxy) is 2. The molecule has 0 saturated heterocycles. The molecule has 0 aliphatic heterocycles. The number of rotatable bonds is 10. The molecule has 5 heteroatoms. The van der Waals surface area contributed by atoms with Crippen LogP contribution in [0.2, 0.25) is 0 Å². The van der Waals surface area contributed by atoms with Crippen LogP contribution in [0, 0.1) is 12.8 Å². The number of pyridine rings is 1. The van der Waals surface area contributed by atoms with Crippen LogP contribution < -0.4 is 10.1 Å². The van der Waals surface area contributed by atoms with Gasteiger partial charge in [-0.2, -0.15) is 0 Å². The molecule has 0 bridgehead atoms. The molecule has 0 spiro atoms. The summed E-state index contributed by atoms with van der Waals surface area (Å²) in [4.78, 5) is 17.2. The number of aryl methyl sites for hydroxylation is 1. The molecule has 1 N–H and O–H groups in total. The summed E-state index contributed by atoms with van der Waals surface area (Å²) in [6.07, 6.45) is 2.48. The second-order valence-electron chi connectivity index (χ2n) is 6.76. The number of hydrogen-bond acceptors (Lipinski definition) is 4. The Morgan fingerprint density at radius 3 is 2.46 bits per heavy atom. The summed E-state index contributed by atoms with van der Waals surface area (Å²) in [6.45, 7) is 13.2. The van der Waals surface area contributed by atoms with Crippen LogP contribution in [0.5, 0.6) is 5.88 Å². The monoisotopic (exact) mass is 336 g/mol. The Balaban J connectivity index is 2.86. The van der Waals surface area contributed by atoms with Gasteiger partial charge in [-0.25, -0.2) is 4.98 Å². The molecule has 1 aromatic rings. The van der Waals surface area contributed by atoms with Gasteiger partial charge >= 0.3 is 0 Å². The van der Waals surface area contributed by atoms with Crippen LogP contribution in [0.25, 0.3) is 0 Å². The lowest BCUT2D eigenvalue weighted by molar-refractivity contribution is -0.141. The molecule has 1 atom stereocenters. The highest BCUT2D eigenvalue weighted by molar-refractivity contribution is 5.97. The smallest absolute Gasteiger partial charge is 0.256 e. The number of aromatic nitrogens is 1. The third-order valence-electron chi connectivity index (χ3n) is 3.67. The van der Waals surface area contributed by atoms with Crippen molar-refractivity contribution in [2.75, 3.05) is 18.5 Å². The highest BCUT2D eigenvalue weighted by Crippen LogP contribution is 2.25. The minimum atomic E-state index is -0.839. The van der Waals surface area contributed by atoms with Gasteiger partial charge in [0.2, 0.25) is 5.88 Å². The first kappa shape index (κ1) is 20.4. The van der Waals surface area contributed by atoms with Crippen LogP contribution in [0.15, 0.2) is 12.1 Å². The average molecular weight is 336 g/mol. The zero-order valence-corrected chi connectivity index (χ0v) is 15.9. The van der Waals surface area contributed by atoms with E-state index < -0.39 is 5.60 Å². The van der Waals surface area contributed by atoms with E-state index >= 15 is 0 Å². The normalized spacial score (nSPS) is 13.6. The Hall–Kier alpha value is -1.62. The van der Waals surface area contributed by atoms with Gasteiger partial charge in [0.1, 0.15) is 5.60 Å². The first-order chi connectivity index (χ1) is 11.3. The van der Waals surface area contributed by atoms with Crippen molar-refractivity contribution in [1.82, 2.24) is 4.98 Å². The molecule has 0 aliphatic rings. The zero-order valence-electron chi connectivity index (χ0n) is 15.9. The van der Waals surface area contributed by atoms with E-state index in [2.05, 4.69) is 24.1 Å². The fraction of sp³-hybridized carbons (Fsp3) is 0.684. The maximum atomic E-state index is 12.8. The van der Waals surface area contributed by atoms with Crippen molar-refractivity contribution in [3.8, 4) is 5.88 Å². The van der Waals surface area contributed by atoms with Crippen molar-refractivity contribution in [2.24, 2.45) is 5.92 Å². The number of amides is 1. The van der Waals surface area contributed by atoms with Crippen molar-refractivity contribution in [2.45, 2.75) is 66.4 Å². The van der Waals surface area contributed by atoms with Gasteiger partial charge in [0, 0.05) is 12.7 Å². The van der Waals surface area contributed by atoms with Crippen molar-refractivity contribution < 1.29 is 14.3 Å². The molecule has 1 heterocycles. The number of nitrogens with one attached hydrogen (secondary N) is 1. The maximum Gasteiger partial charge on any atom is 0.256 e. The van der Waals surface area contributed by atoms with Gasteiger partial charge in [-0.15, -0.1) is 0 Å². The second kappa shape index (κ2) is 9.62. The van der Waals surface area contributed by atoms with Crippen molar-refractivity contribution in [3.63, 3.8) is 0 Å². The first-order valence-electron chi connectivity index (χ1n) is 8.88. The fourth-order valence-electron chi connectivity index (χ4n) is 2.54. The van der Waals surface area contributed by atoms with E-state index in [4.69, 9.17) is 9.47 Å². The van der Waals surface area contributed by atoms with Gasteiger partial charge in [0.15, 0.2) is 0 Å². The molecule has 1 amide bonds. The Kier molecular flexibility index (Phi) is 8.19. The number of carbonyl (C=O) groups is 1. The molecule has 0 unspecified atom stereocenters. The molecule has 136 valence electrons. The number of anilines is 1. The molecule has 0 aliphatic carbocycles. The second-order valence-corrected chi connectivity index (χ2v) is 6.76. The van der Waals surface area contributed by atoms with Crippen LogP contribution in [0.1, 0.15) is 59.6 Å². The number of hydrogen-bond donors (Lipinski definition) is 1. The van der Waals surface area contributed by atoms with E-state index in [0.29, 0.717) is 37.1 Å². The summed E-state index contributed by atoms with van der Waals surface area (Å²) in [6, 6.07) is 3.62. The minimum Gasteiger partial charge on any atom is -0.478 e. The van der Waals surface area contributed by atoms with Crippen LogP contribution in [0.3, 0.4) is 0 Å². The third kappa shape index (κ3) is 6.11. The lowest BCUT2D eigenvalue weighted by Gasteiger charge is -2.30. The van der Waals surface area contributed by atoms with Gasteiger partial charge in [-0.1, -0.05) is 27.7 Å². The van der Waals surface area contributed by atoms with Crippen LogP contribution >= 0.6 is 0 Å². The lowest BCUT2D eigenvalue weighted by atomic mass is 9.93. The Morgan fingerprint density at radius 2 is 1.92 bits per heavy atom. The largest absolute Gasteiger partial charge is 0.478 e. The van der Waals surface area contributed by atoms with E-state index in [-0.39, 0.29) is 5.91 Å². The molecule has 5 nitrogen and oxygen atoms in total. The topological polar surface area (TPSA) is 60.5 Å². The van der Waals surface area contributed by atoms with Crippen molar-refractivity contribution in [3.05, 3.63) is 17.8 Å². The third-order valence-corrected chi connectivity index (χ3v) is 3.67. The zero-order chi connectivity index (χ0) is 18.2. The summed E-state index contributed by atoms with van der Waals surface area (Å²) in [7, 11) is 0. The summed E-state index contributed by atoms with van der Waals surface area (Å²) in [5, 5.41) is 2.97. The lowest BCUT2D eigenvalue weighted by Crippen LogP contribution is -2.44. The van der Waals surface area contributed by atoms with Crippen molar-refractivity contribution in [1.29, 1.82) is 0 Å². The molecule has 0 aromatic carbocycles. The Bertz CT molecular complexity index is 531. The van der Waals surface area contributed by atoms with Crippen LogP contribution in [0.4, 0.5) is 5.69 Å². The standard InChI is InChI=1S/C19H32N2O3/c1-7-11-23-17-10-9-16(15(5)20-17)21-18(22)19(6,13-14(3)4)24-12-8-2/h9-10,14H,7-8,11-13H2,1-6H3,(H,21,22)/t19-/m0/s1. The van der Waals surface area contributed by atoms with Gasteiger partial charge in [0.25, 0.3) is 5.91 Å². The quantitative estimate of drug-likeness (QED) is 0.690. The van der Waals surface area contributed by atoms with Crippen LogP contribution in [-0.2, 0) is 9.53 Å². The van der Waals surface area contributed by atoms with E-state index in [1.165, 1.54) is 0 Å². The highest BCUT2D eigenvalue weighted by atomic mass is 16.5. The number of nitrogens with zero attached hydrogens (tertiary/aromatic N) is 1. The molecule has 0 fully saturated rings. The summed E-state index contributed by atoms with van der Waals surface area (Å²) in [5.74, 6) is 0.818. The van der Waals surface area contributed by atoms with E-state index in [1.807, 2.05) is 33.8 Å². The Labute approximate surface area is 146 Å². The van der Waals surface area contributed by atoms with E-state index in [1.54, 1.807) is 6.07 Å². The molecule has 1 aromatic heterocycles. The highest BCUT2D eigenvalue weighted by Gasteiger charge is 2.35. The van der Waals surface area contributed by atoms with Gasteiger partial charge in [-0.3, -0.25) is 4.79 Å². The van der Waals surface area contributed by atoms with Gasteiger partial charge < -0.3 is 14.8 Å². The minimum absolute atomic E-state index is 0.128. The molecule has 1 rings (SSSR count). The first-order valence-corrected chi connectivity index (χ1v) is 8.88. The SMILES string of the molecule is CCCOc1ccc(NC(=O)[C@](C)(CC(C)C)OCCC)c(C)n1. The maximum absolute atomic E-state index is 12.8. The van der Waals surface area contributed by atoms with E-state index in [0.717, 1.165) is 18.5 Å². The number of carbonyl (C=O) groups excluding carboxylic acids is 1. The average Bonchev–Trinajstić information content (AvgIpc) is 2.52. The fourth-order valence-corrected chi connectivity index (χ4v) is 2.54. The molecular formula is C19H32N2O3. The van der Waals surface area contributed by atoms with Crippen LogP contribution in [-0.4, -0.2) is 29.7 Å². The Morgan fingerprint density at radius 1 is 1.25 bits per heavy atom. The predicted octanol–water partition coefficient (Wildman–Crippen LogP) is 4.35. The van der Waals surface area contributed by atoms with E-state index in [9.17, 15) is 4.79 Å². The molecule has 0 saturated carbocycles. The van der Waals surface area contributed by atoms with Gasteiger partial charge in [-0.05, 0) is 45.1 Å². The summed E-state index contributed by atoms with van der Waals surface area (Å²) < 4.78 is 11.4. The van der Waals surface area contributed by atoms with Gasteiger partial charge in [0.05, 0.1) is 18.0 Å². The summed E-state index contributed by atoms with van der Waals surface area (Å²) >= 11 is 0. The summed E-state index contributed by atoms with van der Waals surface area (Å²) in [5.41, 5.74) is 0.590. The predicted molar refractivity (Wildman–Crippen MR) is 97.5 cm³/mol. The van der Waals surface area contributed by atoms with Crippen molar-refractivity contribution >= 4 is 11.6 Å². The molecular weight excluding hydrogens is 304 g/mol. The molecule has 0 radical (unpaired) electrons.